The highest BCUT2D eigenvalue weighted by atomic mass is 32.2. The molecule has 9 heteroatoms. The van der Waals surface area contributed by atoms with Crippen molar-refractivity contribution in [2.45, 2.75) is 31.1 Å². The molecule has 3 aromatic carbocycles. The second kappa shape index (κ2) is 13.8. The van der Waals surface area contributed by atoms with Gasteiger partial charge in [0.2, 0.25) is 11.1 Å². The molecule has 2 unspecified atom stereocenters. The Labute approximate surface area is 216 Å². The van der Waals surface area contributed by atoms with Crippen LogP contribution < -0.4 is 4.18 Å². The second-order valence-electron chi connectivity index (χ2n) is 8.06. The van der Waals surface area contributed by atoms with E-state index < -0.39 is 22.3 Å². The normalized spacial score (nSPS) is 12.5. The van der Waals surface area contributed by atoms with Crippen LogP contribution in [0, 0.1) is 5.82 Å². The summed E-state index contributed by atoms with van der Waals surface area (Å²) in [4.78, 5) is 23.9. The van der Waals surface area contributed by atoms with Crippen molar-refractivity contribution in [1.29, 1.82) is 0 Å². The smallest absolute Gasteiger partial charge is 0.316 e. The third kappa shape index (κ3) is 9.47. The predicted molar refractivity (Wildman–Crippen MR) is 139 cm³/mol. The van der Waals surface area contributed by atoms with Crippen LogP contribution in [-0.4, -0.2) is 38.5 Å². The van der Waals surface area contributed by atoms with Crippen molar-refractivity contribution in [3.8, 4) is 5.75 Å². The molecule has 36 heavy (non-hydrogen) atoms. The first-order valence-corrected chi connectivity index (χ1v) is 13.7. The molecule has 0 fully saturated rings. The fraction of sp³-hybridized carbons (Fsp3) is 0.259. The van der Waals surface area contributed by atoms with Gasteiger partial charge in [0.1, 0.15) is 23.4 Å². The lowest BCUT2D eigenvalue weighted by Crippen LogP contribution is -2.20. The van der Waals surface area contributed by atoms with Crippen LogP contribution >= 0.6 is 11.8 Å². The largest absolute Gasteiger partial charge is 0.480 e. The van der Waals surface area contributed by atoms with E-state index in [1.165, 1.54) is 30.2 Å². The number of halogens is 1. The van der Waals surface area contributed by atoms with Gasteiger partial charge in [0.25, 0.3) is 0 Å². The van der Waals surface area contributed by atoms with E-state index >= 15 is 0 Å². The summed E-state index contributed by atoms with van der Waals surface area (Å²) in [5.74, 6) is -0.464. The van der Waals surface area contributed by atoms with Gasteiger partial charge in [-0.05, 0) is 65.1 Å². The third-order valence-electron chi connectivity index (χ3n) is 5.23. The van der Waals surface area contributed by atoms with Crippen LogP contribution in [0.3, 0.4) is 0 Å². The van der Waals surface area contributed by atoms with Crippen molar-refractivity contribution in [2.24, 2.45) is 0 Å². The Morgan fingerprint density at radius 2 is 1.50 bits per heavy atom. The van der Waals surface area contributed by atoms with Crippen molar-refractivity contribution < 1.29 is 32.2 Å². The number of aryl methyl sites for hydroxylation is 1. The fourth-order valence-corrected chi connectivity index (χ4v) is 4.83. The first kappa shape index (κ1) is 27.4. The minimum atomic E-state index is -1.40. The molecular formula is C27H27FO6S2. The number of thioether (sulfide) groups is 1. The highest BCUT2D eigenvalue weighted by molar-refractivity contribution is 8.00. The maximum absolute atomic E-state index is 13.0. The van der Waals surface area contributed by atoms with Gasteiger partial charge >= 0.3 is 11.9 Å². The van der Waals surface area contributed by atoms with E-state index in [-0.39, 0.29) is 24.8 Å². The Balaban J connectivity index is 1.44. The van der Waals surface area contributed by atoms with E-state index in [1.54, 1.807) is 48.5 Å². The minimum Gasteiger partial charge on any atom is -0.480 e. The van der Waals surface area contributed by atoms with Crippen LogP contribution in [0.15, 0.2) is 72.8 Å². The molecule has 0 amide bonds. The Kier molecular flexibility index (Phi) is 10.5. The number of carboxylic acid groups (broad SMARTS) is 1. The molecule has 0 aliphatic rings. The summed E-state index contributed by atoms with van der Waals surface area (Å²) in [6.07, 6.45) is 2.56. The van der Waals surface area contributed by atoms with E-state index in [0.29, 0.717) is 24.3 Å². The van der Waals surface area contributed by atoms with Crippen LogP contribution in [0.1, 0.15) is 22.3 Å². The zero-order chi connectivity index (χ0) is 25.9. The summed E-state index contributed by atoms with van der Waals surface area (Å²) in [7, 11) is 0. The number of benzene rings is 3. The zero-order valence-corrected chi connectivity index (χ0v) is 21.4. The first-order chi connectivity index (χ1) is 17.3. The average molecular weight is 531 g/mol. The van der Waals surface area contributed by atoms with Gasteiger partial charge in [0.15, 0.2) is 0 Å². The zero-order valence-electron chi connectivity index (χ0n) is 19.7. The van der Waals surface area contributed by atoms with E-state index in [0.717, 1.165) is 22.3 Å². The molecule has 0 aromatic heterocycles. The van der Waals surface area contributed by atoms with Crippen LogP contribution in [0.25, 0.3) is 0 Å². The summed E-state index contributed by atoms with van der Waals surface area (Å²) in [5, 5.41) is 8.99. The van der Waals surface area contributed by atoms with Gasteiger partial charge in [-0.3, -0.25) is 9.59 Å². The number of carbonyl (C=O) groups excluding carboxylic acids is 1. The van der Waals surface area contributed by atoms with Gasteiger partial charge < -0.3 is 14.0 Å². The molecule has 0 heterocycles. The van der Waals surface area contributed by atoms with E-state index in [2.05, 4.69) is 0 Å². The summed E-state index contributed by atoms with van der Waals surface area (Å²) in [6.45, 7) is 0.113. The number of hydrogen-bond acceptors (Lipinski definition) is 6. The molecule has 3 rings (SSSR count). The Morgan fingerprint density at radius 1 is 0.917 bits per heavy atom. The van der Waals surface area contributed by atoms with Crippen LogP contribution in [0.2, 0.25) is 0 Å². The van der Waals surface area contributed by atoms with Gasteiger partial charge in [-0.1, -0.05) is 48.5 Å². The summed E-state index contributed by atoms with van der Waals surface area (Å²) in [6, 6.07) is 20.3. The van der Waals surface area contributed by atoms with Crippen molar-refractivity contribution in [2.75, 3.05) is 12.0 Å². The van der Waals surface area contributed by atoms with Gasteiger partial charge in [-0.15, -0.1) is 11.8 Å². The minimum absolute atomic E-state index is 0.102. The Hall–Kier alpha value is -3.17. The monoisotopic (exact) mass is 530 g/mol. The highest BCUT2D eigenvalue weighted by Gasteiger charge is 2.18. The molecule has 190 valence electrons. The molecule has 0 radical (unpaired) electrons. The molecule has 0 saturated carbocycles. The third-order valence-corrected chi connectivity index (χ3v) is 6.87. The van der Waals surface area contributed by atoms with Gasteiger partial charge in [-0.2, -0.15) is 0 Å². The maximum atomic E-state index is 13.0. The van der Waals surface area contributed by atoms with Crippen LogP contribution in [-0.2, 0) is 51.3 Å². The molecule has 0 bridgehead atoms. The van der Waals surface area contributed by atoms with Crippen LogP contribution in [0.4, 0.5) is 4.39 Å². The molecule has 3 aromatic rings. The number of aliphatic carboxylic acids is 1. The lowest BCUT2D eigenvalue weighted by atomic mass is 10.1. The van der Waals surface area contributed by atoms with Crippen molar-refractivity contribution in [1.82, 2.24) is 0 Å². The number of carbonyl (C=O) groups is 2. The standard InChI is InChI=1S/C27H27FO6S2/c1-36(32)34-24-12-8-22(9-13-24)18-33-26(29)17-21-4-2-20(3-5-21)16-25(27(30)31)35-15-14-19-6-10-23(28)11-7-19/h2-13,25H,14-18H2,1H3,(H,30,31). The summed E-state index contributed by atoms with van der Waals surface area (Å²) < 4.78 is 34.5. The molecular weight excluding hydrogens is 503 g/mol. The van der Waals surface area contributed by atoms with Gasteiger partial charge in [0, 0.05) is 6.26 Å². The second-order valence-corrected chi connectivity index (χ2v) is 10.3. The molecule has 2 atom stereocenters. The molecule has 6 nitrogen and oxygen atoms in total. The van der Waals surface area contributed by atoms with Crippen LogP contribution in [0.5, 0.6) is 5.75 Å². The number of ether oxygens (including phenoxy) is 1. The SMILES string of the molecule is CS(=O)Oc1ccc(COC(=O)Cc2ccc(CC(SCCc3ccc(F)cc3)C(=O)O)cc2)cc1. The number of carboxylic acids is 1. The molecule has 1 N–H and O–H groups in total. The highest BCUT2D eigenvalue weighted by Crippen LogP contribution is 2.20. The fourth-order valence-electron chi connectivity index (χ4n) is 3.35. The summed E-state index contributed by atoms with van der Waals surface area (Å²) >= 11 is -0.0444. The summed E-state index contributed by atoms with van der Waals surface area (Å²) in [5.41, 5.74) is 3.38. The average Bonchev–Trinajstić information content (AvgIpc) is 2.85. The lowest BCUT2D eigenvalue weighted by Gasteiger charge is -2.13. The molecule has 0 spiro atoms. The van der Waals surface area contributed by atoms with Crippen molar-refractivity contribution in [3.63, 3.8) is 0 Å². The molecule has 0 aliphatic carbocycles. The number of hydrogen-bond donors (Lipinski definition) is 1. The number of rotatable bonds is 13. The van der Waals surface area contributed by atoms with E-state index in [4.69, 9.17) is 8.92 Å². The Morgan fingerprint density at radius 3 is 2.11 bits per heavy atom. The topological polar surface area (TPSA) is 89.9 Å². The lowest BCUT2D eigenvalue weighted by molar-refractivity contribution is -0.144. The van der Waals surface area contributed by atoms with Crippen molar-refractivity contribution in [3.05, 3.63) is 101 Å². The Bertz CT molecular complexity index is 1160. The molecule has 0 saturated heterocycles. The van der Waals surface area contributed by atoms with Gasteiger partial charge in [0.05, 0.1) is 6.42 Å². The number of esters is 1. The van der Waals surface area contributed by atoms with Gasteiger partial charge in [-0.25, -0.2) is 8.60 Å². The first-order valence-electron chi connectivity index (χ1n) is 11.2. The van der Waals surface area contributed by atoms with Crippen molar-refractivity contribution >= 4 is 34.8 Å². The maximum Gasteiger partial charge on any atom is 0.316 e. The van der Waals surface area contributed by atoms with E-state index in [9.17, 15) is 23.3 Å². The van der Waals surface area contributed by atoms with E-state index in [1.807, 2.05) is 12.1 Å². The predicted octanol–water partition coefficient (Wildman–Crippen LogP) is 4.76. The quantitative estimate of drug-likeness (QED) is 0.319. The molecule has 0 aliphatic heterocycles.